The molecule has 0 aliphatic rings. The molecule has 0 aromatic rings. The molecule has 0 aromatic carbocycles. The first-order chi connectivity index (χ1) is 5.56. The highest BCUT2D eigenvalue weighted by Gasteiger charge is 2.06. The van der Waals surface area contributed by atoms with Gasteiger partial charge >= 0.3 is 0 Å². The SMILES string of the molecule is C[Si](C)(C)C#C/C=C/CCCO. The van der Waals surface area contributed by atoms with Crippen molar-refractivity contribution in [2.75, 3.05) is 6.61 Å². The highest BCUT2D eigenvalue weighted by molar-refractivity contribution is 6.83. The molecule has 0 aliphatic carbocycles. The second-order valence-corrected chi connectivity index (χ2v) is 8.54. The summed E-state index contributed by atoms with van der Waals surface area (Å²) in [5.41, 5.74) is 3.24. The molecule has 0 saturated carbocycles. The van der Waals surface area contributed by atoms with Crippen LogP contribution in [0.5, 0.6) is 0 Å². The molecule has 0 radical (unpaired) electrons. The zero-order valence-electron chi connectivity index (χ0n) is 8.22. The first kappa shape index (κ1) is 11.5. The molecule has 0 atom stereocenters. The smallest absolute Gasteiger partial charge is 0.129 e. The Bertz CT molecular complexity index is 190. The summed E-state index contributed by atoms with van der Waals surface area (Å²) < 4.78 is 0. The molecule has 0 fully saturated rings. The molecule has 1 nitrogen and oxygen atoms in total. The summed E-state index contributed by atoms with van der Waals surface area (Å²) >= 11 is 0. The number of allylic oxidation sites excluding steroid dienone is 2. The maximum absolute atomic E-state index is 8.49. The number of hydrogen-bond donors (Lipinski definition) is 1. The van der Waals surface area contributed by atoms with Gasteiger partial charge in [-0.15, -0.1) is 5.54 Å². The fourth-order valence-electron chi connectivity index (χ4n) is 0.610. The van der Waals surface area contributed by atoms with Gasteiger partial charge in [0.2, 0.25) is 0 Å². The number of unbranched alkanes of at least 4 members (excludes halogenated alkanes) is 1. The first-order valence-corrected chi connectivity index (χ1v) is 7.85. The average molecular weight is 182 g/mol. The van der Waals surface area contributed by atoms with Crippen molar-refractivity contribution in [3.8, 4) is 11.5 Å². The van der Waals surface area contributed by atoms with E-state index >= 15 is 0 Å². The summed E-state index contributed by atoms with van der Waals surface area (Å²) in [7, 11) is -1.19. The van der Waals surface area contributed by atoms with Gasteiger partial charge in [-0.25, -0.2) is 0 Å². The second-order valence-electron chi connectivity index (χ2n) is 3.79. The fourth-order valence-corrected chi connectivity index (χ4v) is 1.13. The van der Waals surface area contributed by atoms with Gasteiger partial charge in [-0.2, -0.15) is 0 Å². The second kappa shape index (κ2) is 6.04. The highest BCUT2D eigenvalue weighted by Crippen LogP contribution is 1.96. The Kier molecular flexibility index (Phi) is 5.78. The summed E-state index contributed by atoms with van der Waals surface area (Å²) in [6, 6.07) is 0. The van der Waals surface area contributed by atoms with Crippen LogP contribution in [0.4, 0.5) is 0 Å². The van der Waals surface area contributed by atoms with Gasteiger partial charge in [0.1, 0.15) is 8.07 Å². The topological polar surface area (TPSA) is 20.2 Å². The third kappa shape index (κ3) is 9.48. The molecule has 0 bridgehead atoms. The van der Waals surface area contributed by atoms with Crippen molar-refractivity contribution in [2.24, 2.45) is 0 Å². The third-order valence-electron chi connectivity index (χ3n) is 1.18. The monoisotopic (exact) mass is 182 g/mol. The van der Waals surface area contributed by atoms with Gasteiger partial charge in [-0.3, -0.25) is 0 Å². The van der Waals surface area contributed by atoms with E-state index in [4.69, 9.17) is 5.11 Å². The summed E-state index contributed by atoms with van der Waals surface area (Å²) in [5, 5.41) is 8.49. The molecular weight excluding hydrogens is 164 g/mol. The molecule has 0 rings (SSSR count). The standard InChI is InChI=1S/C10H18OSi/c1-12(2,3)10-8-6-4-5-7-9-11/h4,6,11H,5,7,9H2,1-3H3/b6-4+. The minimum atomic E-state index is -1.19. The Morgan fingerprint density at radius 1 is 1.33 bits per heavy atom. The summed E-state index contributed by atoms with van der Waals surface area (Å²) in [5.74, 6) is 3.03. The third-order valence-corrected chi connectivity index (χ3v) is 2.07. The van der Waals surface area contributed by atoms with Crippen LogP contribution in [0.15, 0.2) is 12.2 Å². The molecule has 0 aromatic heterocycles. The Balaban J connectivity index is 3.63. The van der Waals surface area contributed by atoms with Crippen LogP contribution in [0.3, 0.4) is 0 Å². The van der Waals surface area contributed by atoms with Crippen LogP contribution in [0.1, 0.15) is 12.8 Å². The van der Waals surface area contributed by atoms with Gasteiger partial charge in [0.15, 0.2) is 0 Å². The van der Waals surface area contributed by atoms with E-state index in [1.165, 1.54) is 0 Å². The minimum absolute atomic E-state index is 0.270. The number of hydrogen-bond acceptors (Lipinski definition) is 1. The van der Waals surface area contributed by atoms with E-state index in [1.807, 2.05) is 12.2 Å². The maximum atomic E-state index is 8.49. The predicted octanol–water partition coefficient (Wildman–Crippen LogP) is 2.20. The molecule has 0 amide bonds. The van der Waals surface area contributed by atoms with Crippen LogP contribution in [0, 0.1) is 11.5 Å². The molecule has 0 saturated heterocycles. The fraction of sp³-hybridized carbons (Fsp3) is 0.600. The Hall–Kier alpha value is -0.523. The van der Waals surface area contributed by atoms with Crippen molar-refractivity contribution in [1.82, 2.24) is 0 Å². The number of rotatable bonds is 3. The van der Waals surface area contributed by atoms with E-state index in [2.05, 4.69) is 31.1 Å². The Labute approximate surface area is 76.5 Å². The van der Waals surface area contributed by atoms with Gasteiger partial charge in [-0.05, 0) is 18.9 Å². The maximum Gasteiger partial charge on any atom is 0.129 e. The lowest BCUT2D eigenvalue weighted by atomic mass is 10.3. The average Bonchev–Trinajstić information content (AvgIpc) is 1.94. The van der Waals surface area contributed by atoms with Gasteiger partial charge in [-0.1, -0.05) is 31.6 Å². The van der Waals surface area contributed by atoms with Crippen molar-refractivity contribution in [2.45, 2.75) is 32.5 Å². The van der Waals surface area contributed by atoms with Crippen molar-refractivity contribution in [1.29, 1.82) is 0 Å². The summed E-state index contributed by atoms with van der Waals surface area (Å²) in [6.07, 6.45) is 5.68. The summed E-state index contributed by atoms with van der Waals surface area (Å²) in [6.45, 7) is 6.94. The van der Waals surface area contributed by atoms with Gasteiger partial charge < -0.3 is 5.11 Å². The lowest BCUT2D eigenvalue weighted by Crippen LogP contribution is -2.16. The largest absolute Gasteiger partial charge is 0.396 e. The van der Waals surface area contributed by atoms with Crippen molar-refractivity contribution in [3.05, 3.63) is 12.2 Å². The van der Waals surface area contributed by atoms with Crippen LogP contribution in [-0.2, 0) is 0 Å². The predicted molar refractivity (Wildman–Crippen MR) is 56.6 cm³/mol. The molecule has 0 spiro atoms. The van der Waals surface area contributed by atoms with Crippen LogP contribution in [-0.4, -0.2) is 19.8 Å². The van der Waals surface area contributed by atoms with Gasteiger partial charge in [0.25, 0.3) is 0 Å². The lowest BCUT2D eigenvalue weighted by Gasteiger charge is -2.01. The molecule has 0 aliphatic heterocycles. The van der Waals surface area contributed by atoms with E-state index in [0.717, 1.165) is 12.8 Å². The minimum Gasteiger partial charge on any atom is -0.396 e. The van der Waals surface area contributed by atoms with E-state index in [1.54, 1.807) is 0 Å². The molecule has 0 heterocycles. The highest BCUT2D eigenvalue weighted by atomic mass is 28.3. The van der Waals surface area contributed by atoms with Crippen molar-refractivity contribution >= 4 is 8.07 Å². The Morgan fingerprint density at radius 3 is 2.50 bits per heavy atom. The zero-order chi connectivity index (χ0) is 9.45. The molecule has 0 unspecified atom stereocenters. The van der Waals surface area contributed by atoms with Gasteiger partial charge in [0, 0.05) is 6.61 Å². The van der Waals surface area contributed by atoms with E-state index in [-0.39, 0.29) is 6.61 Å². The van der Waals surface area contributed by atoms with E-state index in [9.17, 15) is 0 Å². The van der Waals surface area contributed by atoms with Crippen LogP contribution >= 0.6 is 0 Å². The molecule has 68 valence electrons. The zero-order valence-corrected chi connectivity index (χ0v) is 9.22. The number of aliphatic hydroxyl groups excluding tert-OH is 1. The Morgan fingerprint density at radius 2 is 2.00 bits per heavy atom. The molecule has 2 heteroatoms. The first-order valence-electron chi connectivity index (χ1n) is 4.35. The van der Waals surface area contributed by atoms with Crippen molar-refractivity contribution in [3.63, 3.8) is 0 Å². The molecular formula is C10H18OSi. The van der Waals surface area contributed by atoms with Crippen LogP contribution in [0.2, 0.25) is 19.6 Å². The molecule has 12 heavy (non-hydrogen) atoms. The molecule has 1 N–H and O–H groups in total. The van der Waals surface area contributed by atoms with Crippen molar-refractivity contribution < 1.29 is 5.11 Å². The van der Waals surface area contributed by atoms with Crippen LogP contribution in [0.25, 0.3) is 0 Å². The van der Waals surface area contributed by atoms with E-state index < -0.39 is 8.07 Å². The quantitative estimate of drug-likeness (QED) is 0.403. The van der Waals surface area contributed by atoms with Crippen LogP contribution < -0.4 is 0 Å². The van der Waals surface area contributed by atoms with E-state index in [0.29, 0.717) is 0 Å². The summed E-state index contributed by atoms with van der Waals surface area (Å²) in [4.78, 5) is 0. The normalized spacial score (nSPS) is 11.3. The number of aliphatic hydroxyl groups is 1. The lowest BCUT2D eigenvalue weighted by molar-refractivity contribution is 0.289. The van der Waals surface area contributed by atoms with Gasteiger partial charge in [0.05, 0.1) is 0 Å².